The van der Waals surface area contributed by atoms with E-state index in [2.05, 4.69) is 39.7 Å². The lowest BCUT2D eigenvalue weighted by molar-refractivity contribution is 0.102. The van der Waals surface area contributed by atoms with Crippen LogP contribution in [0.5, 0.6) is 5.75 Å². The molecule has 27 heavy (non-hydrogen) atoms. The Bertz CT molecular complexity index is 962. The Morgan fingerprint density at radius 1 is 1.00 bits per heavy atom. The van der Waals surface area contributed by atoms with Crippen molar-refractivity contribution in [1.82, 2.24) is 9.97 Å². The first-order valence-corrected chi connectivity index (χ1v) is 8.58. The molecule has 1 aromatic heterocycles. The molecule has 1 heterocycles. The molecule has 6 heteroatoms. The Hall–Kier alpha value is -3.41. The maximum absolute atomic E-state index is 12.5. The molecule has 0 aliphatic rings. The number of amides is 1. The Labute approximate surface area is 158 Å². The van der Waals surface area contributed by atoms with Gasteiger partial charge in [0.1, 0.15) is 23.6 Å². The SMILES string of the molecule is COc1cccc(NC(=O)c2cc(Nc3c(C)cc(C)cc3C)ncn2)c1. The summed E-state index contributed by atoms with van der Waals surface area (Å²) in [5.74, 6) is 0.921. The van der Waals surface area contributed by atoms with Gasteiger partial charge in [0, 0.05) is 23.5 Å². The quantitative estimate of drug-likeness (QED) is 0.703. The molecule has 0 fully saturated rings. The van der Waals surface area contributed by atoms with Crippen molar-refractivity contribution >= 4 is 23.1 Å². The van der Waals surface area contributed by atoms with E-state index in [0.29, 0.717) is 17.3 Å². The second-order valence-corrected chi connectivity index (χ2v) is 6.37. The number of aromatic nitrogens is 2. The summed E-state index contributed by atoms with van der Waals surface area (Å²) in [6.45, 7) is 6.15. The van der Waals surface area contributed by atoms with Crippen LogP contribution in [0, 0.1) is 20.8 Å². The average Bonchev–Trinajstić information content (AvgIpc) is 2.65. The number of aryl methyl sites for hydroxylation is 3. The van der Waals surface area contributed by atoms with Gasteiger partial charge >= 0.3 is 0 Å². The normalized spacial score (nSPS) is 10.4. The van der Waals surface area contributed by atoms with Crippen molar-refractivity contribution in [2.45, 2.75) is 20.8 Å². The van der Waals surface area contributed by atoms with E-state index >= 15 is 0 Å². The molecule has 0 unspecified atom stereocenters. The molecule has 3 aromatic rings. The molecular formula is C21H22N4O2. The third-order valence-electron chi connectivity index (χ3n) is 4.16. The van der Waals surface area contributed by atoms with Gasteiger partial charge in [0.2, 0.25) is 0 Å². The number of nitrogens with zero attached hydrogens (tertiary/aromatic N) is 2. The van der Waals surface area contributed by atoms with Crippen LogP contribution in [-0.2, 0) is 0 Å². The van der Waals surface area contributed by atoms with Crippen LogP contribution >= 0.6 is 0 Å². The van der Waals surface area contributed by atoms with Crippen molar-refractivity contribution in [3.8, 4) is 5.75 Å². The van der Waals surface area contributed by atoms with E-state index in [1.807, 2.05) is 26.0 Å². The molecule has 2 aromatic carbocycles. The molecule has 0 bridgehead atoms. The van der Waals surface area contributed by atoms with E-state index in [1.165, 1.54) is 11.9 Å². The number of rotatable bonds is 5. The van der Waals surface area contributed by atoms with E-state index in [1.54, 1.807) is 25.3 Å². The standard InChI is InChI=1S/C21H22N4O2/c1-13-8-14(2)20(15(3)9-13)25-19-11-18(22-12-23-19)21(26)24-16-6-5-7-17(10-16)27-4/h5-12H,1-4H3,(H,24,26)(H,22,23,25). The summed E-state index contributed by atoms with van der Waals surface area (Å²) in [5.41, 5.74) is 5.34. The van der Waals surface area contributed by atoms with Crippen LogP contribution in [0.15, 0.2) is 48.8 Å². The lowest BCUT2D eigenvalue weighted by Gasteiger charge is -2.13. The number of methoxy groups -OCH3 is 1. The lowest BCUT2D eigenvalue weighted by atomic mass is 10.1. The number of carbonyl (C=O) groups is 1. The first-order valence-electron chi connectivity index (χ1n) is 8.58. The first kappa shape index (κ1) is 18.4. The number of anilines is 3. The number of hydrogen-bond donors (Lipinski definition) is 2. The molecule has 3 rings (SSSR count). The molecule has 2 N–H and O–H groups in total. The lowest BCUT2D eigenvalue weighted by Crippen LogP contribution is -2.14. The van der Waals surface area contributed by atoms with Gasteiger partial charge in [-0.25, -0.2) is 9.97 Å². The zero-order valence-corrected chi connectivity index (χ0v) is 15.8. The van der Waals surface area contributed by atoms with Gasteiger partial charge in [-0.15, -0.1) is 0 Å². The van der Waals surface area contributed by atoms with Gasteiger partial charge in [-0.1, -0.05) is 23.8 Å². The molecule has 0 aliphatic carbocycles. The van der Waals surface area contributed by atoms with Gasteiger partial charge in [-0.05, 0) is 44.0 Å². The minimum Gasteiger partial charge on any atom is -0.497 e. The van der Waals surface area contributed by atoms with Crippen molar-refractivity contribution in [2.75, 3.05) is 17.7 Å². The third-order valence-corrected chi connectivity index (χ3v) is 4.16. The minimum atomic E-state index is -0.314. The third kappa shape index (κ3) is 4.41. The fourth-order valence-electron chi connectivity index (χ4n) is 2.95. The highest BCUT2D eigenvalue weighted by Gasteiger charge is 2.11. The summed E-state index contributed by atoms with van der Waals surface area (Å²) in [7, 11) is 1.58. The zero-order chi connectivity index (χ0) is 19.4. The van der Waals surface area contributed by atoms with Gasteiger partial charge < -0.3 is 15.4 Å². The van der Waals surface area contributed by atoms with Gasteiger partial charge in [-0.3, -0.25) is 4.79 Å². The predicted octanol–water partition coefficient (Wildman–Crippen LogP) is 4.41. The molecule has 1 amide bonds. The Morgan fingerprint density at radius 2 is 1.74 bits per heavy atom. The molecule has 0 aliphatic heterocycles. The Morgan fingerprint density at radius 3 is 2.44 bits per heavy atom. The topological polar surface area (TPSA) is 76.1 Å². The molecule has 0 atom stereocenters. The maximum Gasteiger partial charge on any atom is 0.274 e. The molecule has 6 nitrogen and oxygen atoms in total. The molecular weight excluding hydrogens is 340 g/mol. The van der Waals surface area contributed by atoms with E-state index in [9.17, 15) is 4.79 Å². The zero-order valence-electron chi connectivity index (χ0n) is 15.8. The maximum atomic E-state index is 12.5. The highest BCUT2D eigenvalue weighted by atomic mass is 16.5. The van der Waals surface area contributed by atoms with Crippen LogP contribution in [-0.4, -0.2) is 23.0 Å². The van der Waals surface area contributed by atoms with Crippen LogP contribution in [0.1, 0.15) is 27.2 Å². The van der Waals surface area contributed by atoms with Crippen LogP contribution in [0.4, 0.5) is 17.2 Å². The Kier molecular flexibility index (Phi) is 5.35. The highest BCUT2D eigenvalue weighted by molar-refractivity contribution is 6.03. The second-order valence-electron chi connectivity index (χ2n) is 6.37. The summed E-state index contributed by atoms with van der Waals surface area (Å²) < 4.78 is 5.17. The summed E-state index contributed by atoms with van der Waals surface area (Å²) in [4.78, 5) is 20.8. The average molecular weight is 362 g/mol. The summed E-state index contributed by atoms with van der Waals surface area (Å²) in [6.07, 6.45) is 1.38. The minimum absolute atomic E-state index is 0.276. The van der Waals surface area contributed by atoms with Gasteiger partial charge in [0.05, 0.1) is 7.11 Å². The van der Waals surface area contributed by atoms with E-state index in [0.717, 1.165) is 16.8 Å². The summed E-state index contributed by atoms with van der Waals surface area (Å²) in [6, 6.07) is 13.0. The number of nitrogens with one attached hydrogen (secondary N) is 2. The molecule has 0 spiro atoms. The predicted molar refractivity (Wildman–Crippen MR) is 107 cm³/mol. The van der Waals surface area contributed by atoms with E-state index < -0.39 is 0 Å². The van der Waals surface area contributed by atoms with Gasteiger partial charge in [-0.2, -0.15) is 0 Å². The van der Waals surface area contributed by atoms with Gasteiger partial charge in [0.15, 0.2) is 0 Å². The molecule has 0 radical (unpaired) electrons. The number of carbonyl (C=O) groups excluding carboxylic acids is 1. The van der Waals surface area contributed by atoms with Crippen LogP contribution in [0.2, 0.25) is 0 Å². The second kappa shape index (κ2) is 7.86. The summed E-state index contributed by atoms with van der Waals surface area (Å²) in [5, 5.41) is 6.11. The smallest absolute Gasteiger partial charge is 0.274 e. The highest BCUT2D eigenvalue weighted by Crippen LogP contribution is 2.25. The van der Waals surface area contributed by atoms with Crippen LogP contribution < -0.4 is 15.4 Å². The first-order chi connectivity index (χ1) is 13.0. The molecule has 138 valence electrons. The Balaban J connectivity index is 1.80. The van der Waals surface area contributed by atoms with Crippen molar-refractivity contribution in [3.63, 3.8) is 0 Å². The number of benzene rings is 2. The van der Waals surface area contributed by atoms with Crippen molar-refractivity contribution in [2.24, 2.45) is 0 Å². The summed E-state index contributed by atoms with van der Waals surface area (Å²) >= 11 is 0. The van der Waals surface area contributed by atoms with Crippen molar-refractivity contribution in [3.05, 3.63) is 71.2 Å². The molecule has 0 saturated carbocycles. The molecule has 0 saturated heterocycles. The van der Waals surface area contributed by atoms with Crippen LogP contribution in [0.25, 0.3) is 0 Å². The van der Waals surface area contributed by atoms with E-state index in [4.69, 9.17) is 4.74 Å². The monoisotopic (exact) mass is 362 g/mol. The van der Waals surface area contributed by atoms with Crippen molar-refractivity contribution in [1.29, 1.82) is 0 Å². The van der Waals surface area contributed by atoms with Gasteiger partial charge in [0.25, 0.3) is 5.91 Å². The van der Waals surface area contributed by atoms with Crippen molar-refractivity contribution < 1.29 is 9.53 Å². The number of ether oxygens (including phenoxy) is 1. The fraction of sp³-hybridized carbons (Fsp3) is 0.190. The van der Waals surface area contributed by atoms with E-state index in [-0.39, 0.29) is 11.6 Å². The largest absolute Gasteiger partial charge is 0.497 e. The fourth-order valence-corrected chi connectivity index (χ4v) is 2.95. The number of hydrogen-bond acceptors (Lipinski definition) is 5. The van der Waals surface area contributed by atoms with Crippen LogP contribution in [0.3, 0.4) is 0 Å².